The molecule has 0 saturated heterocycles. The predicted octanol–water partition coefficient (Wildman–Crippen LogP) is 5.74. The molecule has 194 valence electrons. The van der Waals surface area contributed by atoms with Gasteiger partial charge in [-0.25, -0.2) is 29.9 Å². The third kappa shape index (κ3) is 6.78. The zero-order valence-corrected chi connectivity index (χ0v) is 24.1. The summed E-state index contributed by atoms with van der Waals surface area (Å²) < 4.78 is 2.19. The fourth-order valence-corrected chi connectivity index (χ4v) is 6.94. The fraction of sp³-hybridized carbons (Fsp3) is 0.500. The quantitative estimate of drug-likeness (QED) is 0.109. The predicted molar refractivity (Wildman–Crippen MR) is 151 cm³/mol. The monoisotopic (exact) mass is 606 g/mol. The topological polar surface area (TPSA) is 142 Å². The Hall–Kier alpha value is -1.26. The van der Waals surface area contributed by atoms with Gasteiger partial charge in [0.1, 0.15) is 9.40 Å². The van der Waals surface area contributed by atoms with Crippen LogP contribution in [0.1, 0.15) is 39.5 Å². The first kappa shape index (κ1) is 27.8. The van der Waals surface area contributed by atoms with Crippen LogP contribution in [0.25, 0.3) is 20.7 Å². The maximum atomic E-state index is 9.74. The Balaban J connectivity index is 1.61. The van der Waals surface area contributed by atoms with Crippen LogP contribution in [0.4, 0.5) is 11.6 Å². The Kier molecular flexibility index (Phi) is 10.0. The standard InChI is InChI=1S/C20H24Cl2N8O2S4/c1-3-5-9(7-31)23-13-11-15(25-17(21)33-11)29-19(27-13)35-36-20-28-14(24-10(8-32)6-4-2)12-16(30-20)26-18(22)34-12/h9-10,31-32H,3-8H2,1-2H3,(H,23,27,29)(H,24,28,30). The molecular weight excluding hydrogens is 583 g/mol. The molecule has 4 heterocycles. The molecule has 2 atom stereocenters. The second-order valence-electron chi connectivity index (χ2n) is 7.74. The highest BCUT2D eigenvalue weighted by Gasteiger charge is 2.19. The minimum atomic E-state index is -0.143. The van der Waals surface area contributed by atoms with Crippen LogP contribution in [0.5, 0.6) is 0 Å². The van der Waals surface area contributed by atoms with Crippen molar-refractivity contribution in [1.82, 2.24) is 29.9 Å². The highest BCUT2D eigenvalue weighted by atomic mass is 35.5. The number of hydrogen-bond donors (Lipinski definition) is 4. The summed E-state index contributed by atoms with van der Waals surface area (Å²) >= 11 is 14.9. The van der Waals surface area contributed by atoms with Gasteiger partial charge in [0.2, 0.25) is 10.3 Å². The third-order valence-corrected chi connectivity index (χ3v) is 9.20. The first-order valence-corrected chi connectivity index (χ1v) is 15.7. The summed E-state index contributed by atoms with van der Waals surface area (Å²) in [5.74, 6) is 1.16. The lowest BCUT2D eigenvalue weighted by molar-refractivity contribution is 0.268. The number of aromatic nitrogens is 6. The van der Waals surface area contributed by atoms with Gasteiger partial charge in [-0.05, 0) is 34.4 Å². The molecule has 0 aliphatic heterocycles. The highest BCUT2D eigenvalue weighted by molar-refractivity contribution is 8.76. The van der Waals surface area contributed by atoms with Crippen LogP contribution in [0.3, 0.4) is 0 Å². The van der Waals surface area contributed by atoms with E-state index in [1.54, 1.807) is 0 Å². The molecule has 0 aliphatic carbocycles. The third-order valence-electron chi connectivity index (χ3n) is 5.00. The minimum absolute atomic E-state index is 0.0181. The molecule has 0 radical (unpaired) electrons. The van der Waals surface area contributed by atoms with Gasteiger partial charge < -0.3 is 20.8 Å². The Morgan fingerprint density at radius 2 is 1.14 bits per heavy atom. The van der Waals surface area contributed by atoms with Crippen molar-refractivity contribution in [3.63, 3.8) is 0 Å². The van der Waals surface area contributed by atoms with Crippen LogP contribution in [-0.2, 0) is 0 Å². The average molecular weight is 608 g/mol. The van der Waals surface area contributed by atoms with Crippen LogP contribution < -0.4 is 10.6 Å². The summed E-state index contributed by atoms with van der Waals surface area (Å²) in [4.78, 5) is 27.0. The first-order chi connectivity index (χ1) is 17.4. The van der Waals surface area contributed by atoms with Crippen LogP contribution in [0.2, 0.25) is 8.93 Å². The van der Waals surface area contributed by atoms with Crippen molar-refractivity contribution in [2.24, 2.45) is 0 Å². The Labute approximate surface area is 233 Å². The molecule has 36 heavy (non-hydrogen) atoms. The van der Waals surface area contributed by atoms with E-state index in [1.165, 1.54) is 44.3 Å². The molecule has 10 nitrogen and oxygen atoms in total. The number of fused-ring (bicyclic) bond motifs is 2. The van der Waals surface area contributed by atoms with E-state index in [2.05, 4.69) is 54.4 Å². The average Bonchev–Trinajstić information content (AvgIpc) is 3.43. The Bertz CT molecular complexity index is 1220. The smallest absolute Gasteiger partial charge is 0.202 e. The largest absolute Gasteiger partial charge is 0.394 e. The summed E-state index contributed by atoms with van der Waals surface area (Å²) in [5.41, 5.74) is 0.961. The lowest BCUT2D eigenvalue weighted by atomic mass is 10.2. The normalized spacial score (nSPS) is 13.4. The van der Waals surface area contributed by atoms with Crippen LogP contribution in [0.15, 0.2) is 10.3 Å². The van der Waals surface area contributed by atoms with E-state index in [0.717, 1.165) is 35.1 Å². The SMILES string of the molecule is CCCC(CO)Nc1nc(SSc2nc(NC(CO)CCC)c3sc(Cl)nc3n2)nc2nc(Cl)sc12. The summed E-state index contributed by atoms with van der Waals surface area (Å²) in [6.45, 7) is 4.08. The highest BCUT2D eigenvalue weighted by Crippen LogP contribution is 2.39. The number of hydrogen-bond acceptors (Lipinski definition) is 14. The van der Waals surface area contributed by atoms with Gasteiger partial charge >= 0.3 is 0 Å². The lowest BCUT2D eigenvalue weighted by Gasteiger charge is -2.17. The number of aliphatic hydroxyl groups excluding tert-OH is 2. The maximum Gasteiger partial charge on any atom is 0.202 e. The van der Waals surface area contributed by atoms with Crippen molar-refractivity contribution in [3.05, 3.63) is 8.93 Å². The van der Waals surface area contributed by atoms with E-state index in [-0.39, 0.29) is 25.3 Å². The molecule has 0 amide bonds. The second-order valence-corrected chi connectivity index (χ2v) is 13.0. The molecule has 4 aromatic rings. The molecule has 0 fully saturated rings. The van der Waals surface area contributed by atoms with Crippen molar-refractivity contribution in [1.29, 1.82) is 0 Å². The summed E-state index contributed by atoms with van der Waals surface area (Å²) in [6, 6.07) is -0.285. The number of nitrogens with zero attached hydrogens (tertiary/aromatic N) is 6. The van der Waals surface area contributed by atoms with Crippen molar-refractivity contribution in [3.8, 4) is 0 Å². The molecule has 4 aromatic heterocycles. The van der Waals surface area contributed by atoms with Gasteiger partial charge in [0, 0.05) is 0 Å². The van der Waals surface area contributed by atoms with Gasteiger partial charge in [-0.1, -0.05) is 72.6 Å². The molecule has 0 aromatic carbocycles. The molecular formula is C20H24Cl2N8O2S4. The molecule has 2 unspecified atom stereocenters. The first-order valence-electron chi connectivity index (χ1n) is 11.2. The van der Waals surface area contributed by atoms with Crippen LogP contribution in [0, 0.1) is 0 Å². The number of thiazole rings is 2. The van der Waals surface area contributed by atoms with E-state index >= 15 is 0 Å². The van der Waals surface area contributed by atoms with E-state index in [1.807, 2.05) is 0 Å². The minimum Gasteiger partial charge on any atom is -0.394 e. The number of nitrogens with one attached hydrogen (secondary N) is 2. The van der Waals surface area contributed by atoms with Crippen LogP contribution in [-0.4, -0.2) is 65.4 Å². The van der Waals surface area contributed by atoms with Crippen molar-refractivity contribution in [2.45, 2.75) is 61.9 Å². The number of aliphatic hydroxyl groups is 2. The molecule has 4 rings (SSSR count). The van der Waals surface area contributed by atoms with Gasteiger partial charge in [0.05, 0.1) is 25.3 Å². The fourth-order valence-electron chi connectivity index (χ4n) is 3.40. The number of rotatable bonds is 13. The molecule has 16 heteroatoms. The van der Waals surface area contributed by atoms with Crippen molar-refractivity contribution in [2.75, 3.05) is 23.8 Å². The zero-order chi connectivity index (χ0) is 25.7. The lowest BCUT2D eigenvalue weighted by Crippen LogP contribution is -2.24. The van der Waals surface area contributed by atoms with Crippen molar-refractivity contribution >= 4 is 99.8 Å². The summed E-state index contributed by atoms with van der Waals surface area (Å²) in [6.07, 6.45) is 3.41. The van der Waals surface area contributed by atoms with Gasteiger partial charge in [0.15, 0.2) is 31.9 Å². The molecule has 0 bridgehead atoms. The van der Waals surface area contributed by atoms with Crippen LogP contribution >= 0.6 is 67.5 Å². The second kappa shape index (κ2) is 13.0. The Morgan fingerprint density at radius 1 is 0.722 bits per heavy atom. The molecule has 0 aliphatic rings. The summed E-state index contributed by atoms with van der Waals surface area (Å²) in [5, 5.41) is 27.0. The zero-order valence-electron chi connectivity index (χ0n) is 19.4. The van der Waals surface area contributed by atoms with E-state index in [4.69, 9.17) is 23.2 Å². The maximum absolute atomic E-state index is 9.74. The van der Waals surface area contributed by atoms with Crippen molar-refractivity contribution < 1.29 is 10.2 Å². The van der Waals surface area contributed by atoms with Gasteiger partial charge in [0.25, 0.3) is 0 Å². The molecule has 4 N–H and O–H groups in total. The number of anilines is 2. The van der Waals surface area contributed by atoms with E-state index < -0.39 is 0 Å². The Morgan fingerprint density at radius 3 is 1.50 bits per heavy atom. The van der Waals surface area contributed by atoms with Gasteiger partial charge in [-0.2, -0.15) is 0 Å². The number of halogens is 2. The molecule has 0 saturated carbocycles. The summed E-state index contributed by atoms with van der Waals surface area (Å²) in [7, 11) is 2.55. The van der Waals surface area contributed by atoms with Gasteiger partial charge in [-0.15, -0.1) is 0 Å². The van der Waals surface area contributed by atoms with E-state index in [9.17, 15) is 10.2 Å². The van der Waals surface area contributed by atoms with E-state index in [0.29, 0.717) is 42.2 Å². The van der Waals surface area contributed by atoms with Gasteiger partial charge in [-0.3, -0.25) is 0 Å². The molecule has 0 spiro atoms.